The van der Waals surface area contributed by atoms with Crippen molar-refractivity contribution in [3.8, 4) is 17.2 Å². The first-order chi connectivity index (χ1) is 12.1. The van der Waals surface area contributed by atoms with Gasteiger partial charge in [0.1, 0.15) is 6.61 Å². The fraction of sp³-hybridized carbons (Fsp3) is 0.211. The van der Waals surface area contributed by atoms with E-state index in [4.69, 9.17) is 18.9 Å². The normalized spacial score (nSPS) is 10.6. The van der Waals surface area contributed by atoms with Gasteiger partial charge in [-0.2, -0.15) is 0 Å². The Balaban J connectivity index is 2.05. The van der Waals surface area contributed by atoms with E-state index in [2.05, 4.69) is 15.9 Å². The van der Waals surface area contributed by atoms with Gasteiger partial charge < -0.3 is 18.9 Å². The zero-order valence-corrected chi connectivity index (χ0v) is 15.8. The third-order valence-corrected chi connectivity index (χ3v) is 3.92. The molecule has 0 unspecified atom stereocenters. The molecular formula is C19H19BrO5. The third-order valence-electron chi connectivity index (χ3n) is 3.39. The Morgan fingerprint density at radius 2 is 1.60 bits per heavy atom. The molecule has 0 aliphatic heterocycles. The molecule has 5 nitrogen and oxygen atoms in total. The molecule has 6 heteroatoms. The molecule has 0 radical (unpaired) electrons. The maximum atomic E-state index is 11.9. The van der Waals surface area contributed by atoms with E-state index >= 15 is 0 Å². The highest BCUT2D eigenvalue weighted by molar-refractivity contribution is 9.10. The molecule has 0 bridgehead atoms. The zero-order chi connectivity index (χ0) is 18.2. The zero-order valence-electron chi connectivity index (χ0n) is 14.2. The monoisotopic (exact) mass is 406 g/mol. The Hall–Kier alpha value is -2.47. The fourth-order valence-electron chi connectivity index (χ4n) is 2.15. The van der Waals surface area contributed by atoms with Crippen LogP contribution in [0.25, 0.3) is 6.08 Å². The predicted octanol–water partition coefficient (Wildman–Crippen LogP) is 4.23. The van der Waals surface area contributed by atoms with Crippen LogP contribution in [0.4, 0.5) is 0 Å². The number of benzene rings is 2. The molecule has 0 spiro atoms. The summed E-state index contributed by atoms with van der Waals surface area (Å²) < 4.78 is 22.0. The van der Waals surface area contributed by atoms with Crippen LogP contribution in [0.1, 0.15) is 11.1 Å². The molecule has 0 saturated carbocycles. The first-order valence-electron chi connectivity index (χ1n) is 7.46. The van der Waals surface area contributed by atoms with Gasteiger partial charge in [-0.05, 0) is 41.5 Å². The van der Waals surface area contributed by atoms with E-state index in [9.17, 15) is 4.79 Å². The standard InChI is InChI=1S/C19H19BrO5/c1-22-16-10-14(11-17(23-2)19(16)24-3)6-9-18(21)25-12-13-4-7-15(20)8-5-13/h4-11H,12H2,1-3H3/b9-6+. The number of methoxy groups -OCH3 is 3. The van der Waals surface area contributed by atoms with E-state index in [0.717, 1.165) is 15.6 Å². The van der Waals surface area contributed by atoms with E-state index in [-0.39, 0.29) is 6.61 Å². The maximum absolute atomic E-state index is 11.9. The van der Waals surface area contributed by atoms with Gasteiger partial charge in [0.2, 0.25) is 5.75 Å². The first-order valence-corrected chi connectivity index (χ1v) is 8.26. The van der Waals surface area contributed by atoms with Crippen molar-refractivity contribution in [3.05, 3.63) is 58.1 Å². The lowest BCUT2D eigenvalue weighted by Crippen LogP contribution is -2.00. The maximum Gasteiger partial charge on any atom is 0.331 e. The van der Waals surface area contributed by atoms with E-state index in [1.807, 2.05) is 24.3 Å². The largest absolute Gasteiger partial charge is 0.493 e. The van der Waals surface area contributed by atoms with Crippen molar-refractivity contribution >= 4 is 28.0 Å². The minimum atomic E-state index is -0.434. The molecule has 2 rings (SSSR count). The molecule has 2 aromatic carbocycles. The van der Waals surface area contributed by atoms with Crippen LogP contribution in [0.15, 0.2) is 46.9 Å². The van der Waals surface area contributed by atoms with Gasteiger partial charge in [0.25, 0.3) is 0 Å². The smallest absolute Gasteiger partial charge is 0.331 e. The number of ether oxygens (including phenoxy) is 4. The highest BCUT2D eigenvalue weighted by Gasteiger charge is 2.12. The van der Waals surface area contributed by atoms with Crippen molar-refractivity contribution in [2.75, 3.05) is 21.3 Å². The second-order valence-corrected chi connectivity index (χ2v) is 5.94. The van der Waals surface area contributed by atoms with Gasteiger partial charge in [-0.25, -0.2) is 4.79 Å². The molecule has 0 atom stereocenters. The van der Waals surface area contributed by atoms with Crippen molar-refractivity contribution in [3.63, 3.8) is 0 Å². The summed E-state index contributed by atoms with van der Waals surface area (Å²) in [5, 5.41) is 0. The number of rotatable bonds is 7. The van der Waals surface area contributed by atoms with Gasteiger partial charge in [0.05, 0.1) is 21.3 Å². The number of carbonyl (C=O) groups is 1. The number of esters is 1. The van der Waals surface area contributed by atoms with Crippen LogP contribution in [0.2, 0.25) is 0 Å². The van der Waals surface area contributed by atoms with Crippen molar-refractivity contribution in [1.82, 2.24) is 0 Å². The van der Waals surface area contributed by atoms with Crippen LogP contribution >= 0.6 is 15.9 Å². The third kappa shape index (κ3) is 5.26. The van der Waals surface area contributed by atoms with E-state index < -0.39 is 5.97 Å². The lowest BCUT2D eigenvalue weighted by Gasteiger charge is -2.12. The van der Waals surface area contributed by atoms with Crippen molar-refractivity contribution < 1.29 is 23.7 Å². The van der Waals surface area contributed by atoms with Crippen LogP contribution in [0.5, 0.6) is 17.2 Å². The summed E-state index contributed by atoms with van der Waals surface area (Å²) in [7, 11) is 4.61. The quantitative estimate of drug-likeness (QED) is 0.508. The molecular weight excluding hydrogens is 388 g/mol. The fourth-order valence-corrected chi connectivity index (χ4v) is 2.41. The summed E-state index contributed by atoms with van der Waals surface area (Å²) in [5.74, 6) is 1.10. The Morgan fingerprint density at radius 3 is 2.12 bits per heavy atom. The second-order valence-electron chi connectivity index (χ2n) is 5.03. The summed E-state index contributed by atoms with van der Waals surface area (Å²) in [6, 6.07) is 11.1. The van der Waals surface area contributed by atoms with Gasteiger partial charge in [-0.3, -0.25) is 0 Å². The summed E-state index contributed by atoms with van der Waals surface area (Å²) in [4.78, 5) is 11.9. The summed E-state index contributed by atoms with van der Waals surface area (Å²) in [6.07, 6.45) is 2.99. The highest BCUT2D eigenvalue weighted by atomic mass is 79.9. The minimum Gasteiger partial charge on any atom is -0.493 e. The SMILES string of the molecule is COc1cc(/C=C/C(=O)OCc2ccc(Br)cc2)cc(OC)c1OC. The first kappa shape index (κ1) is 18.9. The average Bonchev–Trinajstić information content (AvgIpc) is 2.64. The Kier molecular flexibility index (Phi) is 6.89. The highest BCUT2D eigenvalue weighted by Crippen LogP contribution is 2.38. The van der Waals surface area contributed by atoms with Gasteiger partial charge in [0.15, 0.2) is 11.5 Å². The van der Waals surface area contributed by atoms with E-state index in [0.29, 0.717) is 17.2 Å². The van der Waals surface area contributed by atoms with Crippen LogP contribution in [0.3, 0.4) is 0 Å². The second kappa shape index (κ2) is 9.13. The number of hydrogen-bond donors (Lipinski definition) is 0. The molecule has 0 N–H and O–H groups in total. The van der Waals surface area contributed by atoms with Gasteiger partial charge >= 0.3 is 5.97 Å². The Bertz CT molecular complexity index is 728. The number of hydrogen-bond acceptors (Lipinski definition) is 5. The van der Waals surface area contributed by atoms with Crippen molar-refractivity contribution in [2.45, 2.75) is 6.61 Å². The van der Waals surface area contributed by atoms with Gasteiger partial charge in [-0.1, -0.05) is 28.1 Å². The minimum absolute atomic E-state index is 0.214. The van der Waals surface area contributed by atoms with Crippen molar-refractivity contribution in [2.24, 2.45) is 0 Å². The molecule has 0 aliphatic rings. The predicted molar refractivity (Wildman–Crippen MR) is 99.1 cm³/mol. The summed E-state index contributed by atoms with van der Waals surface area (Å²) in [6.45, 7) is 0.214. The van der Waals surface area contributed by atoms with E-state index in [1.54, 1.807) is 18.2 Å². The van der Waals surface area contributed by atoms with Gasteiger partial charge in [0, 0.05) is 10.5 Å². The van der Waals surface area contributed by atoms with Crippen LogP contribution in [0, 0.1) is 0 Å². The molecule has 0 saturated heterocycles. The number of carbonyl (C=O) groups excluding carboxylic acids is 1. The average molecular weight is 407 g/mol. The molecule has 132 valence electrons. The summed E-state index contributed by atoms with van der Waals surface area (Å²) >= 11 is 3.36. The van der Waals surface area contributed by atoms with Crippen molar-refractivity contribution in [1.29, 1.82) is 0 Å². The Labute approximate surface area is 155 Å². The molecule has 25 heavy (non-hydrogen) atoms. The Morgan fingerprint density at radius 1 is 1.00 bits per heavy atom. The van der Waals surface area contributed by atoms with E-state index in [1.165, 1.54) is 27.4 Å². The summed E-state index contributed by atoms with van der Waals surface area (Å²) in [5.41, 5.74) is 1.65. The van der Waals surface area contributed by atoms with Crippen LogP contribution in [-0.4, -0.2) is 27.3 Å². The lowest BCUT2D eigenvalue weighted by atomic mass is 10.1. The molecule has 2 aromatic rings. The molecule has 0 amide bonds. The molecule has 0 aliphatic carbocycles. The van der Waals surface area contributed by atoms with Crippen LogP contribution < -0.4 is 14.2 Å². The van der Waals surface area contributed by atoms with Crippen LogP contribution in [-0.2, 0) is 16.1 Å². The molecule has 0 aromatic heterocycles. The molecule has 0 fully saturated rings. The topological polar surface area (TPSA) is 54.0 Å². The number of halogens is 1. The van der Waals surface area contributed by atoms with Gasteiger partial charge in [-0.15, -0.1) is 0 Å². The lowest BCUT2D eigenvalue weighted by molar-refractivity contribution is -0.138. The molecule has 0 heterocycles.